The van der Waals surface area contributed by atoms with E-state index in [2.05, 4.69) is 21.1 Å². The zero-order valence-corrected chi connectivity index (χ0v) is 17.1. The third-order valence-corrected chi connectivity index (χ3v) is 7.35. The molecular formula is C20H21N5O3S. The molecule has 1 aromatic carbocycles. The second-order valence-electron chi connectivity index (χ2n) is 7.05. The SMILES string of the molecule is Cc1noc(C)c1S(=O)(=O)N1CCCN(c2c(C#N)cnc3ccccc23)CC1. The monoisotopic (exact) mass is 411 g/mol. The lowest BCUT2D eigenvalue weighted by Crippen LogP contribution is -2.35. The van der Waals surface area contributed by atoms with E-state index in [-0.39, 0.29) is 4.90 Å². The van der Waals surface area contributed by atoms with Gasteiger partial charge in [0.05, 0.1) is 16.8 Å². The summed E-state index contributed by atoms with van der Waals surface area (Å²) in [7, 11) is -3.69. The van der Waals surface area contributed by atoms with Gasteiger partial charge in [-0.15, -0.1) is 0 Å². The molecule has 8 nitrogen and oxygen atoms in total. The van der Waals surface area contributed by atoms with Crippen LogP contribution in [0.25, 0.3) is 10.9 Å². The molecular weight excluding hydrogens is 390 g/mol. The van der Waals surface area contributed by atoms with Gasteiger partial charge in [-0.2, -0.15) is 9.57 Å². The number of benzene rings is 1. The molecule has 0 atom stereocenters. The van der Waals surface area contributed by atoms with E-state index in [9.17, 15) is 13.7 Å². The fourth-order valence-corrected chi connectivity index (χ4v) is 5.64. The highest BCUT2D eigenvalue weighted by atomic mass is 32.2. The van der Waals surface area contributed by atoms with Gasteiger partial charge in [-0.05, 0) is 26.3 Å². The molecule has 1 aliphatic heterocycles. The van der Waals surface area contributed by atoms with Gasteiger partial charge >= 0.3 is 0 Å². The normalized spacial score (nSPS) is 16.0. The summed E-state index contributed by atoms with van der Waals surface area (Å²) in [6, 6.07) is 9.91. The van der Waals surface area contributed by atoms with Gasteiger partial charge in [0, 0.05) is 37.8 Å². The highest BCUT2D eigenvalue weighted by molar-refractivity contribution is 7.89. The van der Waals surface area contributed by atoms with Crippen molar-refractivity contribution in [1.29, 1.82) is 5.26 Å². The van der Waals surface area contributed by atoms with Gasteiger partial charge in [-0.1, -0.05) is 23.4 Å². The standard InChI is InChI=1S/C20H21N5O3S/c1-14-20(15(2)28-23-14)29(26,27)25-9-5-8-24(10-11-25)19-16(12-21)13-22-18-7-4-3-6-17(18)19/h3-4,6-7,13H,5,8-11H2,1-2H3. The predicted molar refractivity (Wildman–Crippen MR) is 108 cm³/mol. The average Bonchev–Trinajstić information content (AvgIpc) is 2.92. The van der Waals surface area contributed by atoms with Crippen LogP contribution in [0.1, 0.15) is 23.4 Å². The summed E-state index contributed by atoms with van der Waals surface area (Å²) >= 11 is 0. The molecule has 1 aliphatic rings. The van der Waals surface area contributed by atoms with Gasteiger partial charge in [0.15, 0.2) is 5.76 Å². The number of nitrogens with zero attached hydrogens (tertiary/aromatic N) is 5. The first-order chi connectivity index (χ1) is 13.9. The van der Waals surface area contributed by atoms with Crippen LogP contribution in [0, 0.1) is 25.2 Å². The van der Waals surface area contributed by atoms with Crippen LogP contribution >= 0.6 is 0 Å². The van der Waals surface area contributed by atoms with E-state index in [1.54, 1.807) is 20.0 Å². The lowest BCUT2D eigenvalue weighted by Gasteiger charge is -2.25. The summed E-state index contributed by atoms with van der Waals surface area (Å²) in [5.74, 6) is 0.301. The summed E-state index contributed by atoms with van der Waals surface area (Å²) in [6.45, 7) is 5.08. The minimum atomic E-state index is -3.69. The van der Waals surface area contributed by atoms with Crippen molar-refractivity contribution in [3.05, 3.63) is 47.5 Å². The molecule has 29 heavy (non-hydrogen) atoms. The van der Waals surface area contributed by atoms with Crippen LogP contribution in [0.4, 0.5) is 5.69 Å². The van der Waals surface area contributed by atoms with Crippen LogP contribution in [0.2, 0.25) is 0 Å². The van der Waals surface area contributed by atoms with Gasteiger partial charge in [-0.3, -0.25) is 4.98 Å². The van der Waals surface area contributed by atoms with Crippen LogP contribution in [0.5, 0.6) is 0 Å². The molecule has 2 aromatic heterocycles. The predicted octanol–water partition coefficient (Wildman–Crippen LogP) is 2.61. The Morgan fingerprint density at radius 2 is 1.93 bits per heavy atom. The first-order valence-corrected chi connectivity index (χ1v) is 10.8. The number of aryl methyl sites for hydroxylation is 2. The lowest BCUT2D eigenvalue weighted by molar-refractivity contribution is 0.389. The highest BCUT2D eigenvalue weighted by Gasteiger charge is 2.32. The number of hydrogen-bond acceptors (Lipinski definition) is 7. The largest absolute Gasteiger partial charge is 0.368 e. The molecule has 4 rings (SSSR count). The molecule has 0 bridgehead atoms. The number of sulfonamides is 1. The van der Waals surface area contributed by atoms with Gasteiger partial charge in [0.25, 0.3) is 0 Å². The molecule has 3 heterocycles. The number of nitriles is 1. The first-order valence-electron chi connectivity index (χ1n) is 9.39. The molecule has 9 heteroatoms. The number of aromatic nitrogens is 2. The van der Waals surface area contributed by atoms with E-state index < -0.39 is 10.0 Å². The molecule has 0 spiro atoms. The Hall–Kier alpha value is -2.96. The Balaban J connectivity index is 1.67. The molecule has 0 unspecified atom stereocenters. The average molecular weight is 411 g/mol. The fraction of sp³-hybridized carbons (Fsp3) is 0.350. The molecule has 3 aromatic rings. The molecule has 0 N–H and O–H groups in total. The third-order valence-electron chi connectivity index (χ3n) is 5.20. The number of hydrogen-bond donors (Lipinski definition) is 0. The zero-order chi connectivity index (χ0) is 20.6. The Labute approximate surface area is 169 Å². The minimum absolute atomic E-state index is 0.151. The van der Waals surface area contributed by atoms with E-state index in [1.807, 2.05) is 24.3 Å². The van der Waals surface area contributed by atoms with Crippen LogP contribution in [-0.4, -0.2) is 49.0 Å². The summed E-state index contributed by atoms with van der Waals surface area (Å²) in [4.78, 5) is 6.61. The topological polar surface area (TPSA) is 103 Å². The Morgan fingerprint density at radius 1 is 1.14 bits per heavy atom. The maximum absolute atomic E-state index is 13.2. The fourth-order valence-electron chi connectivity index (χ4n) is 3.88. The maximum Gasteiger partial charge on any atom is 0.248 e. The van der Waals surface area contributed by atoms with Crippen LogP contribution in [-0.2, 0) is 10.0 Å². The molecule has 150 valence electrons. The number of para-hydroxylation sites is 1. The summed E-state index contributed by atoms with van der Waals surface area (Å²) < 4.78 is 32.9. The van der Waals surface area contributed by atoms with Crippen molar-refractivity contribution in [2.24, 2.45) is 0 Å². The molecule has 1 saturated heterocycles. The Kier molecular flexibility index (Phi) is 4.98. The van der Waals surface area contributed by atoms with Crippen molar-refractivity contribution in [3.8, 4) is 6.07 Å². The van der Waals surface area contributed by atoms with Crippen molar-refractivity contribution in [2.45, 2.75) is 25.2 Å². The Morgan fingerprint density at radius 3 is 2.66 bits per heavy atom. The first kappa shape index (κ1) is 19.4. The minimum Gasteiger partial charge on any atom is -0.368 e. The highest BCUT2D eigenvalue weighted by Crippen LogP contribution is 2.31. The van der Waals surface area contributed by atoms with E-state index >= 15 is 0 Å². The molecule has 0 saturated carbocycles. The van der Waals surface area contributed by atoms with Crippen molar-refractivity contribution in [3.63, 3.8) is 0 Å². The van der Waals surface area contributed by atoms with Crippen molar-refractivity contribution >= 4 is 26.6 Å². The third kappa shape index (κ3) is 3.34. The van der Waals surface area contributed by atoms with Gasteiger partial charge < -0.3 is 9.42 Å². The van der Waals surface area contributed by atoms with E-state index in [1.165, 1.54) is 4.31 Å². The van der Waals surface area contributed by atoms with Crippen LogP contribution < -0.4 is 4.90 Å². The van der Waals surface area contributed by atoms with Crippen LogP contribution in [0.3, 0.4) is 0 Å². The van der Waals surface area contributed by atoms with Gasteiger partial charge in [0.1, 0.15) is 16.7 Å². The number of anilines is 1. The molecule has 0 radical (unpaired) electrons. The van der Waals surface area contributed by atoms with E-state index in [0.29, 0.717) is 49.6 Å². The quantitative estimate of drug-likeness (QED) is 0.652. The number of fused-ring (bicyclic) bond motifs is 1. The number of rotatable bonds is 3. The Bertz CT molecular complexity index is 1190. The molecule has 0 aliphatic carbocycles. The van der Waals surface area contributed by atoms with Crippen LogP contribution in [0.15, 0.2) is 39.9 Å². The van der Waals surface area contributed by atoms with Gasteiger partial charge in [0.2, 0.25) is 10.0 Å². The second kappa shape index (κ2) is 7.46. The lowest BCUT2D eigenvalue weighted by atomic mass is 10.1. The van der Waals surface area contributed by atoms with Crippen molar-refractivity contribution in [2.75, 3.05) is 31.1 Å². The summed E-state index contributed by atoms with van der Waals surface area (Å²) in [6.07, 6.45) is 2.23. The van der Waals surface area contributed by atoms with Crippen molar-refractivity contribution in [1.82, 2.24) is 14.4 Å². The van der Waals surface area contributed by atoms with E-state index in [4.69, 9.17) is 4.52 Å². The summed E-state index contributed by atoms with van der Waals surface area (Å²) in [5, 5.41) is 14.3. The molecule has 0 amide bonds. The van der Waals surface area contributed by atoms with Crippen molar-refractivity contribution < 1.29 is 12.9 Å². The number of pyridine rings is 1. The maximum atomic E-state index is 13.2. The van der Waals surface area contributed by atoms with E-state index in [0.717, 1.165) is 16.6 Å². The van der Waals surface area contributed by atoms with Gasteiger partial charge in [-0.25, -0.2) is 8.42 Å². The zero-order valence-electron chi connectivity index (χ0n) is 16.3. The molecule has 1 fully saturated rings. The summed E-state index contributed by atoms with van der Waals surface area (Å²) in [5.41, 5.74) is 2.49. The second-order valence-corrected chi connectivity index (χ2v) is 8.92. The smallest absolute Gasteiger partial charge is 0.248 e.